The van der Waals surface area contributed by atoms with Crippen molar-refractivity contribution in [3.8, 4) is 5.75 Å². The van der Waals surface area contributed by atoms with E-state index in [1.807, 2.05) is 17.9 Å². The predicted molar refractivity (Wildman–Crippen MR) is 71.7 cm³/mol. The maximum absolute atomic E-state index is 12.4. The van der Waals surface area contributed by atoms with Gasteiger partial charge in [-0.1, -0.05) is 25.5 Å². The second kappa shape index (κ2) is 5.01. The fraction of sp³-hybridized carbons (Fsp3) is 0.533. The Morgan fingerprint density at radius 1 is 1.44 bits per heavy atom. The summed E-state index contributed by atoms with van der Waals surface area (Å²) < 4.78 is 0. The van der Waals surface area contributed by atoms with Gasteiger partial charge in [0.25, 0.3) is 5.91 Å². The van der Waals surface area contributed by atoms with Gasteiger partial charge in [-0.05, 0) is 37.3 Å². The van der Waals surface area contributed by atoms with Crippen LogP contribution in [-0.2, 0) is 0 Å². The van der Waals surface area contributed by atoms with E-state index >= 15 is 0 Å². The molecule has 1 N–H and O–H groups in total. The van der Waals surface area contributed by atoms with Crippen LogP contribution in [0.15, 0.2) is 18.2 Å². The van der Waals surface area contributed by atoms with Gasteiger partial charge in [-0.3, -0.25) is 4.79 Å². The minimum atomic E-state index is -0.0423. The molecule has 0 radical (unpaired) electrons. The van der Waals surface area contributed by atoms with Crippen LogP contribution < -0.4 is 0 Å². The largest absolute Gasteiger partial charge is 0.507 e. The molecule has 0 spiro atoms. The summed E-state index contributed by atoms with van der Waals surface area (Å²) in [5.41, 5.74) is 1.43. The van der Waals surface area contributed by atoms with Crippen LogP contribution in [0.2, 0.25) is 0 Å². The molecule has 0 aromatic heterocycles. The average Bonchev–Trinajstić information content (AvgIpc) is 2.81. The Balaban J connectivity index is 2.15. The maximum Gasteiger partial charge on any atom is 0.257 e. The van der Waals surface area contributed by atoms with E-state index < -0.39 is 0 Å². The highest BCUT2D eigenvalue weighted by Gasteiger charge is 2.29. The topological polar surface area (TPSA) is 40.5 Å². The summed E-state index contributed by atoms with van der Waals surface area (Å²) >= 11 is 0. The Bertz CT molecular complexity index is 454. The van der Waals surface area contributed by atoms with Crippen molar-refractivity contribution in [1.29, 1.82) is 0 Å². The predicted octanol–water partition coefficient (Wildman–Crippen LogP) is 2.82. The Labute approximate surface area is 108 Å². The molecule has 1 aromatic rings. The third-order valence-electron chi connectivity index (χ3n) is 3.84. The maximum atomic E-state index is 12.4. The molecule has 0 bridgehead atoms. The van der Waals surface area contributed by atoms with Gasteiger partial charge in [0.1, 0.15) is 5.75 Å². The van der Waals surface area contributed by atoms with E-state index in [1.165, 1.54) is 0 Å². The van der Waals surface area contributed by atoms with Gasteiger partial charge in [0.05, 0.1) is 5.56 Å². The van der Waals surface area contributed by atoms with E-state index in [0.29, 0.717) is 17.4 Å². The zero-order valence-electron chi connectivity index (χ0n) is 11.3. The number of phenols is 1. The van der Waals surface area contributed by atoms with Crippen molar-refractivity contribution in [2.45, 2.75) is 27.2 Å². The highest BCUT2D eigenvalue weighted by Crippen LogP contribution is 2.27. The van der Waals surface area contributed by atoms with Crippen LogP contribution in [0.1, 0.15) is 36.2 Å². The number of phenolic OH excluding ortho intramolecular Hbond substituents is 1. The van der Waals surface area contributed by atoms with Crippen LogP contribution in [0.25, 0.3) is 0 Å². The molecule has 1 fully saturated rings. The summed E-state index contributed by atoms with van der Waals surface area (Å²) in [5, 5.41) is 9.79. The monoisotopic (exact) mass is 247 g/mol. The molecule has 1 aromatic carbocycles. The molecule has 1 unspecified atom stereocenters. The van der Waals surface area contributed by atoms with Crippen LogP contribution in [-0.4, -0.2) is 29.0 Å². The summed E-state index contributed by atoms with van der Waals surface area (Å²) in [6.07, 6.45) is 1.07. The van der Waals surface area contributed by atoms with Gasteiger partial charge in [-0.15, -0.1) is 0 Å². The normalized spacial score (nSPS) is 19.6. The zero-order valence-corrected chi connectivity index (χ0v) is 11.3. The molecule has 1 atom stereocenters. The molecule has 18 heavy (non-hydrogen) atoms. The second-order valence-electron chi connectivity index (χ2n) is 5.56. The number of amides is 1. The van der Waals surface area contributed by atoms with Gasteiger partial charge in [0, 0.05) is 13.1 Å². The number of hydrogen-bond acceptors (Lipinski definition) is 2. The van der Waals surface area contributed by atoms with Crippen LogP contribution in [0.3, 0.4) is 0 Å². The molecule has 1 aliphatic heterocycles. The van der Waals surface area contributed by atoms with Crippen molar-refractivity contribution in [3.05, 3.63) is 29.3 Å². The van der Waals surface area contributed by atoms with Gasteiger partial charge in [0.2, 0.25) is 0 Å². The first kappa shape index (κ1) is 12.9. The molecule has 1 amide bonds. The van der Waals surface area contributed by atoms with Crippen LogP contribution in [0.4, 0.5) is 0 Å². The van der Waals surface area contributed by atoms with Crippen molar-refractivity contribution in [3.63, 3.8) is 0 Å². The average molecular weight is 247 g/mol. The quantitative estimate of drug-likeness (QED) is 0.873. The van der Waals surface area contributed by atoms with Crippen LogP contribution >= 0.6 is 0 Å². The number of rotatable bonds is 2. The number of aromatic hydroxyl groups is 1. The SMILES string of the molecule is Cc1ccc(O)c(C(=O)N2CCC(C(C)C)C2)c1. The van der Waals surface area contributed by atoms with Crippen LogP contribution in [0.5, 0.6) is 5.75 Å². The fourth-order valence-corrected chi connectivity index (χ4v) is 2.51. The third-order valence-corrected chi connectivity index (χ3v) is 3.84. The molecule has 0 aliphatic carbocycles. The van der Waals surface area contributed by atoms with Gasteiger partial charge >= 0.3 is 0 Å². The number of hydrogen-bond donors (Lipinski definition) is 1. The molecule has 1 aliphatic rings. The van der Waals surface area contributed by atoms with E-state index in [0.717, 1.165) is 25.1 Å². The molecule has 2 rings (SSSR count). The summed E-state index contributed by atoms with van der Waals surface area (Å²) in [4.78, 5) is 14.2. The van der Waals surface area contributed by atoms with Crippen LogP contribution in [0, 0.1) is 18.8 Å². The second-order valence-corrected chi connectivity index (χ2v) is 5.56. The Kier molecular flexibility index (Phi) is 3.60. The van der Waals surface area contributed by atoms with E-state index in [2.05, 4.69) is 13.8 Å². The van der Waals surface area contributed by atoms with Crippen molar-refractivity contribution < 1.29 is 9.90 Å². The number of nitrogens with zero attached hydrogens (tertiary/aromatic N) is 1. The first-order valence-corrected chi connectivity index (χ1v) is 6.58. The standard InChI is InChI=1S/C15H21NO2/c1-10(2)12-6-7-16(9-12)15(18)13-8-11(3)4-5-14(13)17/h4-5,8,10,12,17H,6-7,9H2,1-3H3. The van der Waals surface area contributed by atoms with E-state index in [9.17, 15) is 9.90 Å². The van der Waals surface area contributed by atoms with Gasteiger partial charge in [-0.25, -0.2) is 0 Å². The molecular weight excluding hydrogens is 226 g/mol. The Morgan fingerprint density at radius 3 is 2.78 bits per heavy atom. The van der Waals surface area contributed by atoms with Crippen molar-refractivity contribution in [2.75, 3.05) is 13.1 Å². The van der Waals surface area contributed by atoms with Gasteiger partial charge in [-0.2, -0.15) is 0 Å². The van der Waals surface area contributed by atoms with Crippen molar-refractivity contribution in [1.82, 2.24) is 4.90 Å². The highest BCUT2D eigenvalue weighted by atomic mass is 16.3. The van der Waals surface area contributed by atoms with Gasteiger partial charge < -0.3 is 10.0 Å². The first-order chi connectivity index (χ1) is 8.49. The van der Waals surface area contributed by atoms with E-state index in [-0.39, 0.29) is 11.7 Å². The number of aryl methyl sites for hydroxylation is 1. The van der Waals surface area contributed by atoms with E-state index in [1.54, 1.807) is 12.1 Å². The number of benzene rings is 1. The van der Waals surface area contributed by atoms with E-state index in [4.69, 9.17) is 0 Å². The number of likely N-dealkylation sites (tertiary alicyclic amines) is 1. The molecule has 3 nitrogen and oxygen atoms in total. The highest BCUT2D eigenvalue weighted by molar-refractivity contribution is 5.97. The summed E-state index contributed by atoms with van der Waals surface area (Å²) in [7, 11) is 0. The zero-order chi connectivity index (χ0) is 13.3. The summed E-state index contributed by atoms with van der Waals surface area (Å²) in [6, 6.07) is 5.17. The lowest BCUT2D eigenvalue weighted by atomic mass is 9.95. The number of carbonyl (C=O) groups excluding carboxylic acids is 1. The smallest absolute Gasteiger partial charge is 0.257 e. The van der Waals surface area contributed by atoms with Crippen molar-refractivity contribution >= 4 is 5.91 Å². The molecule has 3 heteroatoms. The fourth-order valence-electron chi connectivity index (χ4n) is 2.51. The molecule has 0 saturated carbocycles. The lowest BCUT2D eigenvalue weighted by Crippen LogP contribution is -2.29. The Morgan fingerprint density at radius 2 is 2.17 bits per heavy atom. The molecular formula is C15H21NO2. The summed E-state index contributed by atoms with van der Waals surface area (Å²) in [5.74, 6) is 1.23. The lowest BCUT2D eigenvalue weighted by Gasteiger charge is -2.19. The molecule has 98 valence electrons. The van der Waals surface area contributed by atoms with Gasteiger partial charge in [0.15, 0.2) is 0 Å². The third kappa shape index (κ3) is 2.50. The minimum absolute atomic E-state index is 0.0423. The van der Waals surface area contributed by atoms with Crippen molar-refractivity contribution in [2.24, 2.45) is 11.8 Å². The number of carbonyl (C=O) groups is 1. The minimum Gasteiger partial charge on any atom is -0.507 e. The summed E-state index contributed by atoms with van der Waals surface area (Å²) in [6.45, 7) is 7.93. The first-order valence-electron chi connectivity index (χ1n) is 6.58. The lowest BCUT2D eigenvalue weighted by molar-refractivity contribution is 0.0781. The Hall–Kier alpha value is -1.51. The molecule has 1 saturated heterocycles. The molecule has 1 heterocycles.